The summed E-state index contributed by atoms with van der Waals surface area (Å²) in [5.74, 6) is 1.71. The van der Waals surface area contributed by atoms with E-state index < -0.39 is 0 Å². The predicted molar refractivity (Wildman–Crippen MR) is 48.9 cm³/mol. The molecule has 3 heteroatoms. The third kappa shape index (κ3) is 2.82. The monoisotopic (exact) mass is 177 g/mol. The Kier molecular flexibility index (Phi) is 3.89. The Labute approximate surface area is 77.1 Å². The van der Waals surface area contributed by atoms with Gasteiger partial charge in [0, 0.05) is 18.9 Å². The van der Waals surface area contributed by atoms with E-state index in [0.717, 1.165) is 5.69 Å². The molecule has 0 aliphatic rings. The van der Waals surface area contributed by atoms with E-state index >= 15 is 0 Å². The highest BCUT2D eigenvalue weighted by molar-refractivity contribution is 5.47. The molecule has 0 aromatic carbocycles. The molecule has 0 aliphatic heterocycles. The largest absolute Gasteiger partial charge is 0.367 e. The standard InChI is InChI=1S/C10H11NO2/c1-2-13-10(6-8-12)9-5-3-4-7-11-9/h3-7,10H,2H2,1H3. The SMILES string of the molecule is CCOC(C=C=O)c1ccccn1. The van der Waals surface area contributed by atoms with Gasteiger partial charge >= 0.3 is 0 Å². The molecule has 0 amide bonds. The van der Waals surface area contributed by atoms with Gasteiger partial charge in [-0.05, 0) is 19.1 Å². The number of aromatic nitrogens is 1. The molecule has 3 nitrogen and oxygen atoms in total. The average molecular weight is 177 g/mol. The van der Waals surface area contributed by atoms with Crippen molar-refractivity contribution in [3.05, 3.63) is 36.2 Å². The fourth-order valence-electron chi connectivity index (χ4n) is 1.00. The third-order valence-electron chi connectivity index (χ3n) is 1.54. The maximum atomic E-state index is 10.2. The van der Waals surface area contributed by atoms with E-state index in [1.807, 2.05) is 25.1 Å². The van der Waals surface area contributed by atoms with Crippen LogP contribution < -0.4 is 0 Å². The molecular formula is C10H11NO2. The molecule has 0 spiro atoms. The fourth-order valence-corrected chi connectivity index (χ4v) is 1.00. The van der Waals surface area contributed by atoms with Crippen LogP contribution in [0.15, 0.2) is 30.5 Å². The summed E-state index contributed by atoms with van der Waals surface area (Å²) in [6.07, 6.45) is 2.62. The first-order chi connectivity index (χ1) is 6.38. The average Bonchev–Trinajstić information content (AvgIpc) is 2.19. The molecule has 68 valence electrons. The number of carbonyl (C=O) groups excluding carboxylic acids is 1. The molecule has 0 saturated carbocycles. The van der Waals surface area contributed by atoms with Crippen LogP contribution >= 0.6 is 0 Å². The summed E-state index contributed by atoms with van der Waals surface area (Å²) in [5.41, 5.74) is 0.729. The molecule has 13 heavy (non-hydrogen) atoms. The van der Waals surface area contributed by atoms with Gasteiger partial charge < -0.3 is 4.74 Å². The number of hydrogen-bond donors (Lipinski definition) is 0. The summed E-state index contributed by atoms with van der Waals surface area (Å²) in [5, 5.41) is 0. The summed E-state index contributed by atoms with van der Waals surface area (Å²) in [7, 11) is 0. The van der Waals surface area contributed by atoms with Crippen LogP contribution in [0.5, 0.6) is 0 Å². The molecule has 1 aromatic heterocycles. The quantitative estimate of drug-likeness (QED) is 0.655. The second kappa shape index (κ2) is 5.25. The van der Waals surface area contributed by atoms with Crippen molar-refractivity contribution in [3.8, 4) is 0 Å². The van der Waals surface area contributed by atoms with Crippen LogP contribution in [0.2, 0.25) is 0 Å². The van der Waals surface area contributed by atoms with Gasteiger partial charge in [-0.15, -0.1) is 0 Å². The Morgan fingerprint density at radius 2 is 2.54 bits per heavy atom. The minimum absolute atomic E-state index is 0.372. The van der Waals surface area contributed by atoms with Crippen LogP contribution in [-0.4, -0.2) is 17.5 Å². The Hall–Kier alpha value is -1.44. The van der Waals surface area contributed by atoms with E-state index in [4.69, 9.17) is 4.74 Å². The van der Waals surface area contributed by atoms with Crippen LogP contribution in [0.3, 0.4) is 0 Å². The Bertz CT molecular complexity index is 291. The van der Waals surface area contributed by atoms with E-state index in [-0.39, 0.29) is 6.10 Å². The van der Waals surface area contributed by atoms with Gasteiger partial charge in [0.1, 0.15) is 12.0 Å². The van der Waals surface area contributed by atoms with E-state index in [0.29, 0.717) is 6.61 Å². The van der Waals surface area contributed by atoms with Gasteiger partial charge in [-0.1, -0.05) is 6.07 Å². The maximum absolute atomic E-state index is 10.2. The molecule has 0 bridgehead atoms. The van der Waals surface area contributed by atoms with Crippen molar-refractivity contribution in [2.45, 2.75) is 13.0 Å². The topological polar surface area (TPSA) is 39.2 Å². The van der Waals surface area contributed by atoms with Crippen molar-refractivity contribution >= 4 is 5.94 Å². The lowest BCUT2D eigenvalue weighted by atomic mass is 10.2. The second-order valence-corrected chi connectivity index (χ2v) is 2.42. The molecule has 1 unspecified atom stereocenters. The molecule has 1 rings (SSSR count). The van der Waals surface area contributed by atoms with Gasteiger partial charge in [-0.25, -0.2) is 4.79 Å². The van der Waals surface area contributed by atoms with Crippen LogP contribution in [0.25, 0.3) is 0 Å². The summed E-state index contributed by atoms with van der Waals surface area (Å²) in [6.45, 7) is 2.41. The number of ether oxygens (including phenoxy) is 1. The maximum Gasteiger partial charge on any atom is 0.128 e. The van der Waals surface area contributed by atoms with E-state index in [9.17, 15) is 4.79 Å². The zero-order valence-corrected chi connectivity index (χ0v) is 7.43. The van der Waals surface area contributed by atoms with Gasteiger partial charge in [0.15, 0.2) is 0 Å². The van der Waals surface area contributed by atoms with Gasteiger partial charge in [-0.3, -0.25) is 4.98 Å². The molecule has 0 radical (unpaired) electrons. The van der Waals surface area contributed by atoms with E-state index in [1.165, 1.54) is 6.08 Å². The van der Waals surface area contributed by atoms with Crippen molar-refractivity contribution in [1.82, 2.24) is 4.98 Å². The summed E-state index contributed by atoms with van der Waals surface area (Å²) in [6, 6.07) is 5.48. The Morgan fingerprint density at radius 1 is 1.69 bits per heavy atom. The highest BCUT2D eigenvalue weighted by Gasteiger charge is 2.07. The zero-order valence-electron chi connectivity index (χ0n) is 7.43. The van der Waals surface area contributed by atoms with Crippen molar-refractivity contribution in [2.24, 2.45) is 0 Å². The van der Waals surface area contributed by atoms with Crippen LogP contribution in [0.1, 0.15) is 18.7 Å². The van der Waals surface area contributed by atoms with Crippen molar-refractivity contribution in [1.29, 1.82) is 0 Å². The van der Waals surface area contributed by atoms with Gasteiger partial charge in [0.05, 0.1) is 5.69 Å². The zero-order chi connectivity index (χ0) is 9.52. The highest BCUT2D eigenvalue weighted by atomic mass is 16.5. The molecule has 0 N–H and O–H groups in total. The lowest BCUT2D eigenvalue weighted by Gasteiger charge is -2.09. The molecule has 0 fully saturated rings. The van der Waals surface area contributed by atoms with E-state index in [2.05, 4.69) is 4.98 Å². The smallest absolute Gasteiger partial charge is 0.128 e. The van der Waals surface area contributed by atoms with Crippen LogP contribution in [0.4, 0.5) is 0 Å². The summed E-state index contributed by atoms with van der Waals surface area (Å²) < 4.78 is 5.29. The van der Waals surface area contributed by atoms with Crippen molar-refractivity contribution in [2.75, 3.05) is 6.61 Å². The molecule has 1 heterocycles. The summed E-state index contributed by atoms with van der Waals surface area (Å²) in [4.78, 5) is 14.3. The van der Waals surface area contributed by atoms with Gasteiger partial charge in [0.25, 0.3) is 0 Å². The lowest BCUT2D eigenvalue weighted by Crippen LogP contribution is -2.03. The number of rotatable bonds is 4. The molecule has 0 saturated heterocycles. The first-order valence-corrected chi connectivity index (χ1v) is 4.12. The van der Waals surface area contributed by atoms with E-state index in [1.54, 1.807) is 12.1 Å². The normalized spacial score (nSPS) is 11.8. The lowest BCUT2D eigenvalue weighted by molar-refractivity contribution is 0.0945. The van der Waals surface area contributed by atoms with Crippen molar-refractivity contribution in [3.63, 3.8) is 0 Å². The van der Waals surface area contributed by atoms with Gasteiger partial charge in [-0.2, -0.15) is 0 Å². The highest BCUT2D eigenvalue weighted by Crippen LogP contribution is 2.14. The molecule has 1 aromatic rings. The van der Waals surface area contributed by atoms with Crippen LogP contribution in [0, 0.1) is 0 Å². The molecular weight excluding hydrogens is 166 g/mol. The molecule has 0 aliphatic carbocycles. The second-order valence-electron chi connectivity index (χ2n) is 2.42. The minimum Gasteiger partial charge on any atom is -0.367 e. The first-order valence-electron chi connectivity index (χ1n) is 4.12. The van der Waals surface area contributed by atoms with Crippen LogP contribution in [-0.2, 0) is 9.53 Å². The minimum atomic E-state index is -0.372. The van der Waals surface area contributed by atoms with Gasteiger partial charge in [0.2, 0.25) is 0 Å². The first kappa shape index (κ1) is 9.65. The Balaban J connectivity index is 2.81. The molecule has 1 atom stereocenters. The number of nitrogens with zero attached hydrogens (tertiary/aromatic N) is 1. The number of hydrogen-bond acceptors (Lipinski definition) is 3. The fraction of sp³-hybridized carbons (Fsp3) is 0.300. The predicted octanol–water partition coefficient (Wildman–Crippen LogP) is 1.55. The Morgan fingerprint density at radius 3 is 3.08 bits per heavy atom. The van der Waals surface area contributed by atoms with Crippen molar-refractivity contribution < 1.29 is 9.53 Å². The number of pyridine rings is 1. The summed E-state index contributed by atoms with van der Waals surface area (Å²) >= 11 is 0. The third-order valence-corrected chi connectivity index (χ3v) is 1.54.